The Kier molecular flexibility index (Phi) is 6.53. The van der Waals surface area contributed by atoms with Crippen molar-refractivity contribution < 1.29 is 9.59 Å². The number of pyridine rings is 1. The highest BCUT2D eigenvalue weighted by atomic mass is 35.5. The Labute approximate surface area is 224 Å². The normalized spacial score (nSPS) is 16.8. The second-order valence-corrected chi connectivity index (χ2v) is 10.8. The Balaban J connectivity index is 1.12. The quantitative estimate of drug-likeness (QED) is 0.292. The molecule has 1 saturated carbocycles. The fourth-order valence-corrected chi connectivity index (χ4v) is 5.56. The number of piperidine rings is 1. The van der Waals surface area contributed by atoms with Crippen molar-refractivity contribution in [2.24, 2.45) is 5.92 Å². The van der Waals surface area contributed by atoms with E-state index in [4.69, 9.17) is 23.2 Å². The standard InChI is InChI=1S/C28H27Cl2N5O2/c29-22-2-1-3-23(30)21(22)15-35-12-9-18(10-13-35)32-28(37)17-6-7-19-20-8-11-31-26(25(20)33-24(19)14-17)34-27(36)16-4-5-16/h1-3,6-8,11,14,16,18,33H,4-5,9-10,12-13,15H2,(H,32,37)(H,31,34,36). The zero-order chi connectivity index (χ0) is 25.5. The number of hydrogen-bond donors (Lipinski definition) is 3. The topological polar surface area (TPSA) is 90.1 Å². The summed E-state index contributed by atoms with van der Waals surface area (Å²) in [5.41, 5.74) is 3.16. The van der Waals surface area contributed by atoms with Gasteiger partial charge in [0.2, 0.25) is 5.91 Å². The molecule has 2 fully saturated rings. The van der Waals surface area contributed by atoms with Crippen LogP contribution in [0.5, 0.6) is 0 Å². The van der Waals surface area contributed by atoms with Gasteiger partial charge < -0.3 is 15.6 Å². The highest BCUT2D eigenvalue weighted by molar-refractivity contribution is 6.36. The molecule has 3 heterocycles. The number of aromatic amines is 1. The summed E-state index contributed by atoms with van der Waals surface area (Å²) in [6, 6.07) is 13.3. The van der Waals surface area contributed by atoms with Crippen LogP contribution in [0.1, 0.15) is 41.6 Å². The monoisotopic (exact) mass is 535 g/mol. The molecule has 0 bridgehead atoms. The van der Waals surface area contributed by atoms with E-state index in [1.165, 1.54) is 0 Å². The first-order valence-corrected chi connectivity index (χ1v) is 13.4. The summed E-state index contributed by atoms with van der Waals surface area (Å²) in [4.78, 5) is 35.4. The molecule has 0 spiro atoms. The van der Waals surface area contributed by atoms with Crippen LogP contribution in [-0.2, 0) is 11.3 Å². The van der Waals surface area contributed by atoms with Gasteiger partial charge in [0.15, 0.2) is 5.82 Å². The van der Waals surface area contributed by atoms with Gasteiger partial charge in [0.25, 0.3) is 5.91 Å². The SMILES string of the molecule is O=C(NC1CCN(Cc2c(Cl)cccc2Cl)CC1)c1ccc2c(c1)[nH]c1c(NC(=O)C3CC3)nccc12. The molecule has 0 radical (unpaired) electrons. The zero-order valence-corrected chi connectivity index (χ0v) is 21.7. The lowest BCUT2D eigenvalue weighted by Gasteiger charge is -2.32. The number of nitrogens with zero attached hydrogens (tertiary/aromatic N) is 2. The molecule has 6 rings (SSSR count). The molecular formula is C28H27Cl2N5O2. The van der Waals surface area contributed by atoms with Crippen LogP contribution in [0.2, 0.25) is 10.0 Å². The predicted molar refractivity (Wildman–Crippen MR) is 147 cm³/mol. The molecule has 37 heavy (non-hydrogen) atoms. The van der Waals surface area contributed by atoms with Gasteiger partial charge in [-0.2, -0.15) is 0 Å². The first kappa shape index (κ1) is 24.2. The van der Waals surface area contributed by atoms with E-state index in [9.17, 15) is 9.59 Å². The van der Waals surface area contributed by atoms with E-state index in [1.54, 1.807) is 6.20 Å². The van der Waals surface area contributed by atoms with Gasteiger partial charge in [-0.15, -0.1) is 0 Å². The minimum Gasteiger partial charge on any atom is -0.351 e. The van der Waals surface area contributed by atoms with Crippen molar-refractivity contribution in [2.75, 3.05) is 18.4 Å². The second kappa shape index (κ2) is 9.97. The van der Waals surface area contributed by atoms with E-state index in [0.29, 0.717) is 28.0 Å². The third-order valence-corrected chi connectivity index (χ3v) is 8.05. The highest BCUT2D eigenvalue weighted by Crippen LogP contribution is 2.33. The van der Waals surface area contributed by atoms with Gasteiger partial charge in [0.05, 0.1) is 5.52 Å². The fraction of sp³-hybridized carbons (Fsp3) is 0.321. The minimum absolute atomic E-state index is 0.0136. The number of aromatic nitrogens is 2. The molecule has 0 atom stereocenters. The Morgan fingerprint density at radius 1 is 1.00 bits per heavy atom. The predicted octanol–water partition coefficient (Wildman–Crippen LogP) is 5.77. The van der Waals surface area contributed by atoms with Crippen LogP contribution in [0.4, 0.5) is 5.82 Å². The van der Waals surface area contributed by atoms with Crippen LogP contribution < -0.4 is 10.6 Å². The van der Waals surface area contributed by atoms with Gasteiger partial charge >= 0.3 is 0 Å². The number of rotatable bonds is 6. The fourth-order valence-electron chi connectivity index (χ4n) is 5.04. The number of likely N-dealkylation sites (tertiary alicyclic amines) is 1. The summed E-state index contributed by atoms with van der Waals surface area (Å²) < 4.78 is 0. The van der Waals surface area contributed by atoms with Crippen LogP contribution >= 0.6 is 23.2 Å². The average Bonchev–Trinajstić information content (AvgIpc) is 3.68. The van der Waals surface area contributed by atoms with E-state index in [-0.39, 0.29) is 23.8 Å². The number of halogens is 2. The Morgan fingerprint density at radius 3 is 2.49 bits per heavy atom. The first-order chi connectivity index (χ1) is 18.0. The maximum Gasteiger partial charge on any atom is 0.251 e. The number of fused-ring (bicyclic) bond motifs is 3. The van der Waals surface area contributed by atoms with Crippen LogP contribution in [0, 0.1) is 5.92 Å². The zero-order valence-electron chi connectivity index (χ0n) is 20.2. The van der Waals surface area contributed by atoms with Crippen LogP contribution in [0.3, 0.4) is 0 Å². The molecule has 1 aliphatic heterocycles. The molecule has 2 aromatic heterocycles. The van der Waals surface area contributed by atoms with E-state index in [2.05, 4.69) is 25.5 Å². The Hall–Kier alpha value is -3.13. The third-order valence-electron chi connectivity index (χ3n) is 7.34. The molecule has 2 aliphatic rings. The number of amides is 2. The molecule has 2 aromatic carbocycles. The van der Waals surface area contributed by atoms with Crippen molar-refractivity contribution in [2.45, 2.75) is 38.3 Å². The van der Waals surface area contributed by atoms with Gasteiger partial charge in [0.1, 0.15) is 0 Å². The van der Waals surface area contributed by atoms with Gasteiger partial charge in [-0.3, -0.25) is 14.5 Å². The number of anilines is 1. The average molecular weight is 536 g/mol. The number of carbonyl (C=O) groups excluding carboxylic acids is 2. The second-order valence-electron chi connectivity index (χ2n) is 9.96. The van der Waals surface area contributed by atoms with Crippen molar-refractivity contribution in [3.8, 4) is 0 Å². The molecule has 0 unspecified atom stereocenters. The lowest BCUT2D eigenvalue weighted by atomic mass is 10.0. The summed E-state index contributed by atoms with van der Waals surface area (Å²) in [6.07, 6.45) is 5.28. The summed E-state index contributed by atoms with van der Waals surface area (Å²) in [6.45, 7) is 2.42. The van der Waals surface area contributed by atoms with Crippen molar-refractivity contribution in [3.63, 3.8) is 0 Å². The van der Waals surface area contributed by atoms with Gasteiger partial charge in [-0.25, -0.2) is 4.98 Å². The van der Waals surface area contributed by atoms with E-state index in [0.717, 1.165) is 66.1 Å². The number of benzene rings is 2. The Bertz CT molecular complexity index is 1490. The van der Waals surface area contributed by atoms with Crippen molar-refractivity contribution in [1.82, 2.24) is 20.2 Å². The first-order valence-electron chi connectivity index (χ1n) is 12.6. The molecule has 4 aromatic rings. The molecule has 7 nitrogen and oxygen atoms in total. The number of nitrogens with one attached hydrogen (secondary N) is 3. The molecular weight excluding hydrogens is 509 g/mol. The molecule has 190 valence electrons. The highest BCUT2D eigenvalue weighted by Gasteiger charge is 2.30. The summed E-state index contributed by atoms with van der Waals surface area (Å²) >= 11 is 12.7. The molecule has 1 saturated heterocycles. The summed E-state index contributed by atoms with van der Waals surface area (Å²) in [5.74, 6) is 0.548. The van der Waals surface area contributed by atoms with Crippen LogP contribution in [0.25, 0.3) is 21.8 Å². The number of hydrogen-bond acceptors (Lipinski definition) is 4. The molecule has 9 heteroatoms. The van der Waals surface area contributed by atoms with Crippen molar-refractivity contribution in [1.29, 1.82) is 0 Å². The molecule has 3 N–H and O–H groups in total. The number of H-pyrrole nitrogens is 1. The smallest absolute Gasteiger partial charge is 0.251 e. The Morgan fingerprint density at radius 2 is 1.76 bits per heavy atom. The van der Waals surface area contributed by atoms with Crippen LogP contribution in [0.15, 0.2) is 48.7 Å². The van der Waals surface area contributed by atoms with Gasteiger partial charge in [-0.1, -0.05) is 35.3 Å². The van der Waals surface area contributed by atoms with Gasteiger partial charge in [-0.05, 0) is 56.0 Å². The van der Waals surface area contributed by atoms with E-state index in [1.807, 2.05) is 42.5 Å². The summed E-state index contributed by atoms with van der Waals surface area (Å²) in [7, 11) is 0. The molecule has 2 amide bonds. The maximum absolute atomic E-state index is 13.1. The molecule has 1 aliphatic carbocycles. The lowest BCUT2D eigenvalue weighted by molar-refractivity contribution is -0.117. The van der Waals surface area contributed by atoms with Crippen molar-refractivity contribution >= 4 is 62.6 Å². The lowest BCUT2D eigenvalue weighted by Crippen LogP contribution is -2.44. The minimum atomic E-state index is -0.0893. The largest absolute Gasteiger partial charge is 0.351 e. The van der Waals surface area contributed by atoms with Gasteiger partial charge in [0, 0.05) is 75.3 Å². The van der Waals surface area contributed by atoms with Crippen molar-refractivity contribution in [3.05, 3.63) is 69.8 Å². The van der Waals surface area contributed by atoms with E-state index < -0.39 is 0 Å². The third kappa shape index (κ3) is 5.04. The maximum atomic E-state index is 13.1. The van der Waals surface area contributed by atoms with E-state index >= 15 is 0 Å². The summed E-state index contributed by atoms with van der Waals surface area (Å²) in [5, 5.41) is 9.46. The number of carbonyl (C=O) groups is 2. The van der Waals surface area contributed by atoms with Crippen LogP contribution in [-0.4, -0.2) is 45.8 Å².